The number of para-hydroxylation sites is 1. The van der Waals surface area contributed by atoms with E-state index in [1.54, 1.807) is 24.3 Å². The highest BCUT2D eigenvalue weighted by atomic mass is 32.2. The highest BCUT2D eigenvalue weighted by molar-refractivity contribution is 7.92. The lowest BCUT2D eigenvalue weighted by atomic mass is 10.2. The highest BCUT2D eigenvalue weighted by Crippen LogP contribution is 2.31. The number of hydrogen-bond acceptors (Lipinski definition) is 5. The van der Waals surface area contributed by atoms with Crippen molar-refractivity contribution < 1.29 is 8.42 Å². The molecule has 0 radical (unpaired) electrons. The number of rotatable bonds is 4. The first-order chi connectivity index (χ1) is 9.53. The van der Waals surface area contributed by atoms with Crippen LogP contribution in [0.1, 0.15) is 22.6 Å². The van der Waals surface area contributed by atoms with Gasteiger partial charge in [0.05, 0.1) is 11.4 Å². The Morgan fingerprint density at radius 2 is 2.10 bits per heavy atom. The van der Waals surface area contributed by atoms with Gasteiger partial charge in [0, 0.05) is 10.6 Å². The van der Waals surface area contributed by atoms with E-state index in [1.807, 2.05) is 0 Å². The van der Waals surface area contributed by atoms with Crippen molar-refractivity contribution in [3.8, 4) is 0 Å². The zero-order valence-electron chi connectivity index (χ0n) is 10.8. The van der Waals surface area contributed by atoms with E-state index < -0.39 is 10.0 Å². The molecule has 20 heavy (non-hydrogen) atoms. The van der Waals surface area contributed by atoms with Crippen molar-refractivity contribution in [2.45, 2.75) is 25.0 Å². The van der Waals surface area contributed by atoms with E-state index in [9.17, 15) is 8.42 Å². The number of aryl methyl sites for hydroxylation is 2. The average Bonchev–Trinajstić information content (AvgIpc) is 2.92. The van der Waals surface area contributed by atoms with Gasteiger partial charge in [0.25, 0.3) is 0 Å². The topological polar surface area (TPSA) is 85.1 Å². The summed E-state index contributed by atoms with van der Waals surface area (Å²) in [6, 6.07) is 6.97. The monoisotopic (exact) mass is 309 g/mol. The van der Waals surface area contributed by atoms with E-state index in [4.69, 9.17) is 5.73 Å². The summed E-state index contributed by atoms with van der Waals surface area (Å²) < 4.78 is 26.8. The predicted octanol–water partition coefficient (Wildman–Crippen LogP) is 2.16. The molecule has 1 heterocycles. The Bertz CT molecular complexity index is 716. The van der Waals surface area contributed by atoms with Crippen LogP contribution in [0.2, 0.25) is 0 Å². The first-order valence-electron chi connectivity index (χ1n) is 6.36. The zero-order chi connectivity index (χ0) is 14.2. The number of sulfonamides is 1. The van der Waals surface area contributed by atoms with Gasteiger partial charge < -0.3 is 5.73 Å². The van der Waals surface area contributed by atoms with E-state index in [0.29, 0.717) is 16.4 Å². The smallest absolute Gasteiger partial charge is 0.238 e. The predicted molar refractivity (Wildman–Crippen MR) is 81.2 cm³/mol. The van der Waals surface area contributed by atoms with Crippen LogP contribution >= 0.6 is 11.3 Å². The first kappa shape index (κ1) is 13.4. The fourth-order valence-corrected chi connectivity index (χ4v) is 4.78. The summed E-state index contributed by atoms with van der Waals surface area (Å²) in [5.74, 6) is -0.135. The molecule has 0 saturated heterocycles. The lowest BCUT2D eigenvalue weighted by molar-refractivity contribution is 0.600. The lowest BCUT2D eigenvalue weighted by Gasteiger charge is -2.07. The quantitative estimate of drug-likeness (QED) is 0.848. The largest absolute Gasteiger partial charge is 0.398 e. The normalized spacial score (nSPS) is 14.2. The Morgan fingerprint density at radius 1 is 1.30 bits per heavy atom. The third-order valence-electron chi connectivity index (χ3n) is 3.24. The number of fused-ring (bicyclic) bond motifs is 1. The Morgan fingerprint density at radius 3 is 2.85 bits per heavy atom. The second kappa shape index (κ2) is 5.06. The molecular formula is C13H15N3O2S2. The van der Waals surface area contributed by atoms with Crippen LogP contribution in [0.5, 0.6) is 0 Å². The van der Waals surface area contributed by atoms with Crippen molar-refractivity contribution in [3.63, 3.8) is 0 Å². The molecule has 0 unspecified atom stereocenters. The molecule has 1 aromatic carbocycles. The highest BCUT2D eigenvalue weighted by Gasteiger charge is 2.20. The Balaban J connectivity index is 1.77. The Labute approximate surface area is 121 Å². The maximum atomic E-state index is 12.1. The molecule has 3 rings (SSSR count). The zero-order valence-corrected chi connectivity index (χ0v) is 12.4. The van der Waals surface area contributed by atoms with E-state index in [0.717, 1.165) is 25.0 Å². The molecule has 5 nitrogen and oxygen atoms in total. The maximum absolute atomic E-state index is 12.1. The molecule has 0 amide bonds. The molecule has 3 N–H and O–H groups in total. The summed E-state index contributed by atoms with van der Waals surface area (Å²) in [7, 11) is -3.48. The summed E-state index contributed by atoms with van der Waals surface area (Å²) in [5.41, 5.74) is 7.90. The van der Waals surface area contributed by atoms with Crippen molar-refractivity contribution in [2.24, 2.45) is 0 Å². The summed E-state index contributed by atoms with van der Waals surface area (Å²) >= 11 is 1.43. The van der Waals surface area contributed by atoms with Crippen LogP contribution in [-0.4, -0.2) is 13.4 Å². The average molecular weight is 309 g/mol. The van der Waals surface area contributed by atoms with Gasteiger partial charge in [0.15, 0.2) is 5.13 Å². The van der Waals surface area contributed by atoms with Crippen LogP contribution in [0.3, 0.4) is 0 Å². The van der Waals surface area contributed by atoms with Crippen LogP contribution in [0.4, 0.5) is 10.8 Å². The second-order valence-corrected chi connectivity index (χ2v) is 7.61. The third-order valence-corrected chi connectivity index (χ3v) is 5.64. The van der Waals surface area contributed by atoms with Gasteiger partial charge >= 0.3 is 0 Å². The van der Waals surface area contributed by atoms with Gasteiger partial charge in [0.1, 0.15) is 0 Å². The minimum atomic E-state index is -3.48. The Hall–Kier alpha value is -1.60. The molecule has 0 atom stereocenters. The molecule has 0 spiro atoms. The minimum Gasteiger partial charge on any atom is -0.398 e. The lowest BCUT2D eigenvalue weighted by Crippen LogP contribution is -2.15. The van der Waals surface area contributed by atoms with Gasteiger partial charge in [-0.05, 0) is 30.9 Å². The number of thiazole rings is 1. The molecule has 0 fully saturated rings. The van der Waals surface area contributed by atoms with Crippen molar-refractivity contribution in [1.82, 2.24) is 4.98 Å². The van der Waals surface area contributed by atoms with Crippen molar-refractivity contribution in [3.05, 3.63) is 40.4 Å². The van der Waals surface area contributed by atoms with E-state index >= 15 is 0 Å². The van der Waals surface area contributed by atoms with E-state index in [1.165, 1.54) is 16.2 Å². The molecule has 7 heteroatoms. The van der Waals surface area contributed by atoms with Crippen molar-refractivity contribution in [1.29, 1.82) is 0 Å². The van der Waals surface area contributed by atoms with E-state index in [2.05, 4.69) is 9.71 Å². The molecule has 1 aromatic heterocycles. The number of nitrogens with one attached hydrogen (secondary N) is 1. The van der Waals surface area contributed by atoms with Gasteiger partial charge in [-0.2, -0.15) is 0 Å². The van der Waals surface area contributed by atoms with E-state index in [-0.39, 0.29) is 5.75 Å². The van der Waals surface area contributed by atoms with Gasteiger partial charge in [-0.3, -0.25) is 4.72 Å². The number of benzene rings is 1. The number of hydrogen-bond donors (Lipinski definition) is 2. The standard InChI is InChI=1S/C13H15N3O2S2/c14-10-5-2-1-4-9(10)8-20(17,18)16-13-15-11-6-3-7-12(11)19-13/h1-2,4-5H,3,6-8,14H2,(H,15,16). The SMILES string of the molecule is Nc1ccccc1CS(=O)(=O)Nc1nc2c(s1)CCC2. The third kappa shape index (κ3) is 2.78. The van der Waals surface area contributed by atoms with Crippen molar-refractivity contribution in [2.75, 3.05) is 10.5 Å². The summed E-state index contributed by atoms with van der Waals surface area (Å²) in [5, 5.41) is 0.462. The minimum absolute atomic E-state index is 0.135. The van der Waals surface area contributed by atoms with Crippen LogP contribution in [0.25, 0.3) is 0 Å². The fourth-order valence-electron chi connectivity index (χ4n) is 2.27. The fraction of sp³-hybridized carbons (Fsp3) is 0.308. The van der Waals surface area contributed by atoms with Gasteiger partial charge in [-0.1, -0.05) is 18.2 Å². The molecule has 0 bridgehead atoms. The van der Waals surface area contributed by atoms with Crippen LogP contribution in [-0.2, 0) is 28.6 Å². The van der Waals surface area contributed by atoms with Gasteiger partial charge in [-0.15, -0.1) is 11.3 Å². The number of nitrogens with two attached hydrogens (primary N) is 1. The Kier molecular flexibility index (Phi) is 3.39. The molecule has 106 valence electrons. The molecule has 1 aliphatic carbocycles. The number of aromatic nitrogens is 1. The molecule has 1 aliphatic rings. The second-order valence-electron chi connectivity index (χ2n) is 4.80. The summed E-state index contributed by atoms with van der Waals surface area (Å²) in [6.45, 7) is 0. The first-order valence-corrected chi connectivity index (χ1v) is 8.83. The van der Waals surface area contributed by atoms with Crippen LogP contribution in [0, 0.1) is 0 Å². The molecule has 0 aliphatic heterocycles. The molecule has 0 saturated carbocycles. The van der Waals surface area contributed by atoms with Gasteiger partial charge in [0.2, 0.25) is 10.0 Å². The molecule has 2 aromatic rings. The van der Waals surface area contributed by atoms with Crippen LogP contribution < -0.4 is 10.5 Å². The summed E-state index contributed by atoms with van der Waals surface area (Å²) in [6.07, 6.45) is 3.06. The van der Waals surface area contributed by atoms with Crippen molar-refractivity contribution >= 4 is 32.2 Å². The van der Waals surface area contributed by atoms with Gasteiger partial charge in [-0.25, -0.2) is 13.4 Å². The molecular weight excluding hydrogens is 294 g/mol. The maximum Gasteiger partial charge on any atom is 0.238 e. The number of nitrogens with zero attached hydrogens (tertiary/aromatic N) is 1. The van der Waals surface area contributed by atoms with Crippen LogP contribution in [0.15, 0.2) is 24.3 Å². The number of anilines is 2. The summed E-state index contributed by atoms with van der Waals surface area (Å²) in [4.78, 5) is 5.53. The number of nitrogen functional groups attached to an aromatic ring is 1.